The van der Waals surface area contributed by atoms with Gasteiger partial charge < -0.3 is 21.1 Å². The number of anilines is 2. The van der Waals surface area contributed by atoms with Gasteiger partial charge >= 0.3 is 0 Å². The Balaban J connectivity index is 0.00000442. The van der Waals surface area contributed by atoms with Crippen LogP contribution in [0, 0.1) is 0 Å². The van der Waals surface area contributed by atoms with E-state index < -0.39 is 22.2 Å². The molecule has 2 aliphatic rings. The van der Waals surface area contributed by atoms with Gasteiger partial charge in [-0.3, -0.25) is 9.10 Å². The maximum Gasteiger partial charge on any atom is 0.251 e. The number of benzene rings is 3. The lowest BCUT2D eigenvalue weighted by atomic mass is 9.99. The summed E-state index contributed by atoms with van der Waals surface area (Å²) in [7, 11) is -3.45. The van der Waals surface area contributed by atoms with Crippen molar-refractivity contribution in [3.05, 3.63) is 94.5 Å². The molecule has 1 amide bonds. The Hall–Kier alpha value is -2.82. The largest absolute Gasteiger partial charge is 0.390 e. The smallest absolute Gasteiger partial charge is 0.251 e. The first kappa shape index (κ1) is 34.1. The van der Waals surface area contributed by atoms with Crippen molar-refractivity contribution in [2.75, 3.05) is 35.0 Å². The number of aliphatic hydroxyl groups is 1. The van der Waals surface area contributed by atoms with Crippen LogP contribution in [0.4, 0.5) is 11.4 Å². The summed E-state index contributed by atoms with van der Waals surface area (Å²) in [5.41, 5.74) is 3.53. The Morgan fingerprint density at radius 2 is 1.77 bits per heavy atom. The van der Waals surface area contributed by atoms with E-state index >= 15 is 0 Å². The molecule has 44 heavy (non-hydrogen) atoms. The van der Waals surface area contributed by atoms with Crippen molar-refractivity contribution in [3.63, 3.8) is 0 Å². The van der Waals surface area contributed by atoms with Gasteiger partial charge in [0.1, 0.15) is 0 Å². The van der Waals surface area contributed by atoms with Gasteiger partial charge in [0.05, 0.1) is 23.6 Å². The van der Waals surface area contributed by atoms with Gasteiger partial charge in [0.15, 0.2) is 0 Å². The first-order valence-electron chi connectivity index (χ1n) is 15.1. The van der Waals surface area contributed by atoms with Gasteiger partial charge in [-0.2, -0.15) is 0 Å². The molecule has 1 heterocycles. The maximum absolute atomic E-state index is 13.7. The van der Waals surface area contributed by atoms with E-state index in [1.165, 1.54) is 4.31 Å². The number of halogens is 2. The highest BCUT2D eigenvalue weighted by atomic mass is 35.5. The van der Waals surface area contributed by atoms with E-state index in [4.69, 9.17) is 11.6 Å². The molecule has 5 rings (SSSR count). The number of hydrogen-bond acceptors (Lipinski definition) is 6. The third-order valence-corrected chi connectivity index (χ3v) is 10.4. The molecule has 4 N–H and O–H groups in total. The Bertz CT molecular complexity index is 1520. The first-order valence-corrected chi connectivity index (χ1v) is 17.1. The fourth-order valence-electron chi connectivity index (χ4n) is 5.74. The van der Waals surface area contributed by atoms with Crippen molar-refractivity contribution < 1.29 is 18.3 Å². The molecule has 2 fully saturated rings. The van der Waals surface area contributed by atoms with Crippen LogP contribution in [-0.2, 0) is 22.9 Å². The molecule has 0 unspecified atom stereocenters. The molecule has 3 aromatic rings. The quantitative estimate of drug-likeness (QED) is 0.201. The standard InChI is InChI=1S/C33H41ClN4O4S.ClH/c1-2-35-28-19-26(20-29(21-28)38-15-6-7-16-43(38,41)42)32(40)37-30(18-24-9-4-3-5-10-24)31(39)23-36-33(13-14-33)22-25-11-8-12-27(34)17-25;/h3-5,8-12,17,19-21,30-31,35-36,39H,2,6-7,13-16,18,22-23H2,1H3,(H,37,40);1H/t30-,31+;/m0./s1. The average molecular weight is 662 g/mol. The highest BCUT2D eigenvalue weighted by Crippen LogP contribution is 2.39. The maximum atomic E-state index is 13.7. The van der Waals surface area contributed by atoms with E-state index in [-0.39, 0.29) is 29.6 Å². The van der Waals surface area contributed by atoms with E-state index in [0.717, 1.165) is 36.8 Å². The SMILES string of the molecule is CCNc1cc(C(=O)N[C@@H](Cc2ccccc2)[C@H](O)CNC2(Cc3cccc(Cl)c3)CC2)cc(N2CCCCS2(=O)=O)c1.Cl. The fourth-order valence-corrected chi connectivity index (χ4v) is 7.58. The Kier molecular flexibility index (Phi) is 11.6. The number of carbonyl (C=O) groups is 1. The molecule has 0 bridgehead atoms. The van der Waals surface area contributed by atoms with Gasteiger partial charge in [-0.1, -0.05) is 54.1 Å². The molecule has 2 atom stereocenters. The van der Waals surface area contributed by atoms with Gasteiger partial charge in [-0.25, -0.2) is 8.42 Å². The topological polar surface area (TPSA) is 111 Å². The van der Waals surface area contributed by atoms with Crippen molar-refractivity contribution in [2.24, 2.45) is 0 Å². The van der Waals surface area contributed by atoms with Crippen molar-refractivity contribution in [2.45, 2.75) is 63.1 Å². The molecular formula is C33H42Cl2N4O4S. The summed E-state index contributed by atoms with van der Waals surface area (Å²) in [6, 6.07) is 22.2. The number of rotatable bonds is 13. The lowest BCUT2D eigenvalue weighted by Gasteiger charge is -2.29. The van der Waals surface area contributed by atoms with E-state index in [1.807, 2.05) is 55.5 Å². The zero-order chi connectivity index (χ0) is 30.5. The number of hydrogen-bond donors (Lipinski definition) is 4. The lowest BCUT2D eigenvalue weighted by molar-refractivity contribution is 0.0822. The number of sulfonamides is 1. The molecule has 1 saturated carbocycles. The van der Waals surface area contributed by atoms with E-state index in [2.05, 4.69) is 22.0 Å². The normalized spacial score (nSPS) is 18.0. The Morgan fingerprint density at radius 3 is 2.45 bits per heavy atom. The van der Waals surface area contributed by atoms with Crippen LogP contribution >= 0.6 is 24.0 Å². The van der Waals surface area contributed by atoms with Crippen molar-refractivity contribution in [1.82, 2.24) is 10.6 Å². The number of β-amino-alcohol motifs (C(OH)–C–C–N with tert-alkyl or cyclic N) is 1. The van der Waals surface area contributed by atoms with E-state index in [1.54, 1.807) is 18.2 Å². The molecule has 238 valence electrons. The predicted octanol–water partition coefficient (Wildman–Crippen LogP) is 5.19. The average Bonchev–Trinajstić information content (AvgIpc) is 3.75. The van der Waals surface area contributed by atoms with Crippen LogP contribution in [0.15, 0.2) is 72.8 Å². The van der Waals surface area contributed by atoms with Gasteiger partial charge in [-0.05, 0) is 86.9 Å². The number of nitrogens with one attached hydrogen (secondary N) is 3. The second-order valence-corrected chi connectivity index (χ2v) is 14.1. The molecule has 8 nitrogen and oxygen atoms in total. The highest BCUT2D eigenvalue weighted by molar-refractivity contribution is 7.92. The molecule has 1 aliphatic carbocycles. The van der Waals surface area contributed by atoms with Crippen LogP contribution < -0.4 is 20.3 Å². The van der Waals surface area contributed by atoms with Crippen LogP contribution in [0.5, 0.6) is 0 Å². The molecule has 1 saturated heterocycles. The molecular weight excluding hydrogens is 619 g/mol. The minimum atomic E-state index is -3.45. The summed E-state index contributed by atoms with van der Waals surface area (Å²) in [5.74, 6) is -0.271. The van der Waals surface area contributed by atoms with Crippen molar-refractivity contribution in [1.29, 1.82) is 0 Å². The Morgan fingerprint density at radius 1 is 1.02 bits per heavy atom. The zero-order valence-electron chi connectivity index (χ0n) is 25.0. The number of amides is 1. The highest BCUT2D eigenvalue weighted by Gasteiger charge is 2.42. The lowest BCUT2D eigenvalue weighted by Crippen LogP contribution is -2.51. The fraction of sp³-hybridized carbons (Fsp3) is 0.424. The van der Waals surface area contributed by atoms with Crippen molar-refractivity contribution in [3.8, 4) is 0 Å². The van der Waals surface area contributed by atoms with Gasteiger partial charge in [0.2, 0.25) is 10.0 Å². The minimum Gasteiger partial charge on any atom is -0.390 e. The molecule has 11 heteroatoms. The zero-order valence-corrected chi connectivity index (χ0v) is 27.4. The third-order valence-electron chi connectivity index (χ3n) is 8.25. The van der Waals surface area contributed by atoms with E-state index in [0.29, 0.717) is 54.4 Å². The molecule has 0 aromatic heterocycles. The van der Waals surface area contributed by atoms with Gasteiger partial charge in [0.25, 0.3) is 5.91 Å². The number of aliphatic hydroxyl groups excluding tert-OH is 1. The van der Waals surface area contributed by atoms with Crippen LogP contribution in [0.25, 0.3) is 0 Å². The van der Waals surface area contributed by atoms with Gasteiger partial charge in [-0.15, -0.1) is 12.4 Å². The van der Waals surface area contributed by atoms with Crippen molar-refractivity contribution >= 4 is 51.3 Å². The first-order chi connectivity index (χ1) is 20.7. The molecule has 0 radical (unpaired) electrons. The summed E-state index contributed by atoms with van der Waals surface area (Å²) in [6.45, 7) is 3.27. The number of nitrogens with zero attached hydrogens (tertiary/aromatic N) is 1. The third kappa shape index (κ3) is 8.88. The van der Waals surface area contributed by atoms with Gasteiger partial charge in [0, 0.05) is 41.4 Å². The number of carbonyl (C=O) groups excluding carboxylic acids is 1. The summed E-state index contributed by atoms with van der Waals surface area (Å²) in [5, 5.41) is 22.0. The summed E-state index contributed by atoms with van der Waals surface area (Å²) >= 11 is 6.20. The molecule has 3 aromatic carbocycles. The van der Waals surface area contributed by atoms with Crippen LogP contribution in [0.2, 0.25) is 5.02 Å². The molecule has 0 spiro atoms. The van der Waals surface area contributed by atoms with Crippen LogP contribution in [-0.4, -0.2) is 62.5 Å². The van der Waals surface area contributed by atoms with Crippen LogP contribution in [0.3, 0.4) is 0 Å². The summed E-state index contributed by atoms with van der Waals surface area (Å²) in [6.07, 6.45) is 3.80. The minimum absolute atomic E-state index is 0. The summed E-state index contributed by atoms with van der Waals surface area (Å²) < 4.78 is 27.1. The second-order valence-electron chi connectivity index (χ2n) is 11.7. The predicted molar refractivity (Wildman–Crippen MR) is 181 cm³/mol. The Labute approximate surface area is 272 Å². The summed E-state index contributed by atoms with van der Waals surface area (Å²) in [4.78, 5) is 13.7. The van der Waals surface area contributed by atoms with E-state index in [9.17, 15) is 18.3 Å². The molecule has 1 aliphatic heterocycles. The second kappa shape index (κ2) is 15.0. The van der Waals surface area contributed by atoms with Crippen LogP contribution in [0.1, 0.15) is 54.1 Å². The monoisotopic (exact) mass is 660 g/mol.